The van der Waals surface area contributed by atoms with Crippen LogP contribution in [-0.4, -0.2) is 36.0 Å². The number of likely N-dealkylation sites (N-methyl/N-ethyl adjacent to an activating group) is 2. The van der Waals surface area contributed by atoms with Crippen molar-refractivity contribution in [3.8, 4) is 0 Å². The van der Waals surface area contributed by atoms with Crippen LogP contribution >= 0.6 is 22.9 Å². The van der Waals surface area contributed by atoms with Crippen LogP contribution in [0.5, 0.6) is 0 Å². The first kappa shape index (κ1) is 13.0. The number of carbonyl (C=O) groups is 1. The van der Waals surface area contributed by atoms with Crippen LogP contribution in [0.15, 0.2) is 11.4 Å². The van der Waals surface area contributed by atoms with Crippen LogP contribution in [0.25, 0.3) is 10.2 Å². The fourth-order valence-corrected chi connectivity index (χ4v) is 2.62. The lowest BCUT2D eigenvalue weighted by Gasteiger charge is -2.18. The van der Waals surface area contributed by atoms with Gasteiger partial charge in [-0.2, -0.15) is 4.98 Å². The molecule has 2 heterocycles. The third kappa shape index (κ3) is 2.70. The predicted molar refractivity (Wildman–Crippen MR) is 74.4 cm³/mol. The van der Waals surface area contributed by atoms with Crippen LogP contribution in [0.4, 0.5) is 5.82 Å². The molecule has 0 saturated carbocycles. The molecule has 2 aromatic rings. The first-order valence-corrected chi connectivity index (χ1v) is 6.76. The Bertz CT molecular complexity index is 571. The Morgan fingerprint density at radius 3 is 3.06 bits per heavy atom. The number of anilines is 1. The van der Waals surface area contributed by atoms with E-state index >= 15 is 0 Å². The van der Waals surface area contributed by atoms with Gasteiger partial charge >= 0.3 is 0 Å². The predicted octanol–water partition coefficient (Wildman–Crippen LogP) is 1.92. The zero-order valence-electron chi connectivity index (χ0n) is 10.1. The molecule has 2 aromatic heterocycles. The van der Waals surface area contributed by atoms with E-state index in [2.05, 4.69) is 15.3 Å². The second-order valence-corrected chi connectivity index (χ2v) is 5.00. The molecule has 96 valence electrons. The smallest absolute Gasteiger partial charge is 0.239 e. The highest BCUT2D eigenvalue weighted by atomic mass is 35.5. The standard InChI is InChI=1S/C11H13ClN4OS/c1-3-13-8(17)6-16(2)9-7-4-5-18-10(7)15-11(12)14-9/h4-5H,3,6H2,1-2H3,(H,13,17). The lowest BCUT2D eigenvalue weighted by atomic mass is 10.3. The van der Waals surface area contributed by atoms with E-state index in [1.807, 2.05) is 25.4 Å². The van der Waals surface area contributed by atoms with Crippen LogP contribution in [0.3, 0.4) is 0 Å². The Morgan fingerprint density at radius 1 is 1.56 bits per heavy atom. The molecular formula is C11H13ClN4OS. The number of rotatable bonds is 4. The minimum atomic E-state index is -0.0434. The van der Waals surface area contributed by atoms with Crippen molar-refractivity contribution in [1.29, 1.82) is 0 Å². The summed E-state index contributed by atoms with van der Waals surface area (Å²) in [4.78, 5) is 22.5. The molecular weight excluding hydrogens is 272 g/mol. The van der Waals surface area contributed by atoms with Gasteiger partial charge in [-0.15, -0.1) is 11.3 Å². The summed E-state index contributed by atoms with van der Waals surface area (Å²) in [5.41, 5.74) is 0. The zero-order valence-corrected chi connectivity index (χ0v) is 11.7. The third-order valence-electron chi connectivity index (χ3n) is 2.39. The number of aromatic nitrogens is 2. The summed E-state index contributed by atoms with van der Waals surface area (Å²) in [6, 6.07) is 1.93. The molecule has 0 aliphatic heterocycles. The summed E-state index contributed by atoms with van der Waals surface area (Å²) < 4.78 is 0. The molecule has 0 saturated heterocycles. The number of carbonyl (C=O) groups excluding carboxylic acids is 1. The van der Waals surface area contributed by atoms with Gasteiger partial charge in [0.25, 0.3) is 0 Å². The zero-order chi connectivity index (χ0) is 13.1. The Kier molecular flexibility index (Phi) is 3.98. The number of hydrogen-bond donors (Lipinski definition) is 1. The monoisotopic (exact) mass is 284 g/mol. The second-order valence-electron chi connectivity index (χ2n) is 3.77. The van der Waals surface area contributed by atoms with Gasteiger partial charge in [-0.3, -0.25) is 4.79 Å². The van der Waals surface area contributed by atoms with Gasteiger partial charge in [0.05, 0.1) is 11.9 Å². The topological polar surface area (TPSA) is 58.1 Å². The van der Waals surface area contributed by atoms with Crippen LogP contribution < -0.4 is 10.2 Å². The molecule has 7 heteroatoms. The van der Waals surface area contributed by atoms with E-state index in [1.54, 1.807) is 4.90 Å². The Balaban J connectivity index is 2.29. The number of hydrogen-bond acceptors (Lipinski definition) is 5. The third-order valence-corrected chi connectivity index (χ3v) is 3.37. The molecule has 2 rings (SSSR count). The number of halogens is 1. The van der Waals surface area contributed by atoms with Crippen molar-refractivity contribution in [3.05, 3.63) is 16.7 Å². The fraction of sp³-hybridized carbons (Fsp3) is 0.364. The number of amides is 1. The maximum Gasteiger partial charge on any atom is 0.239 e. The van der Waals surface area contributed by atoms with E-state index in [0.717, 1.165) is 10.2 Å². The average molecular weight is 285 g/mol. The number of nitrogens with zero attached hydrogens (tertiary/aromatic N) is 3. The molecule has 18 heavy (non-hydrogen) atoms. The Morgan fingerprint density at radius 2 is 2.33 bits per heavy atom. The van der Waals surface area contributed by atoms with E-state index < -0.39 is 0 Å². The first-order valence-electron chi connectivity index (χ1n) is 5.50. The molecule has 0 atom stereocenters. The summed E-state index contributed by atoms with van der Waals surface area (Å²) in [5, 5.41) is 5.79. The molecule has 0 aliphatic carbocycles. The van der Waals surface area contributed by atoms with Crippen molar-refractivity contribution in [2.75, 3.05) is 25.0 Å². The summed E-state index contributed by atoms with van der Waals surface area (Å²) in [7, 11) is 1.81. The molecule has 1 amide bonds. The van der Waals surface area contributed by atoms with Crippen LogP contribution in [0.1, 0.15) is 6.92 Å². The van der Waals surface area contributed by atoms with Crippen LogP contribution in [0.2, 0.25) is 5.28 Å². The molecule has 0 radical (unpaired) electrons. The van der Waals surface area contributed by atoms with Gasteiger partial charge in [0.1, 0.15) is 10.6 Å². The highest BCUT2D eigenvalue weighted by Crippen LogP contribution is 2.28. The van der Waals surface area contributed by atoms with Crippen molar-refractivity contribution in [2.24, 2.45) is 0 Å². The van der Waals surface area contributed by atoms with Crippen molar-refractivity contribution in [2.45, 2.75) is 6.92 Å². The Labute approximate surface area is 114 Å². The van der Waals surface area contributed by atoms with E-state index in [4.69, 9.17) is 11.6 Å². The normalized spacial score (nSPS) is 10.6. The van der Waals surface area contributed by atoms with E-state index in [9.17, 15) is 4.79 Å². The fourth-order valence-electron chi connectivity index (χ4n) is 1.65. The maximum absolute atomic E-state index is 11.6. The van der Waals surface area contributed by atoms with Gasteiger partial charge in [0.15, 0.2) is 0 Å². The van der Waals surface area contributed by atoms with Crippen molar-refractivity contribution >= 4 is 44.9 Å². The first-order chi connectivity index (χ1) is 8.61. The molecule has 0 fully saturated rings. The van der Waals surface area contributed by atoms with Gasteiger partial charge < -0.3 is 10.2 Å². The van der Waals surface area contributed by atoms with Gasteiger partial charge in [-0.25, -0.2) is 4.98 Å². The molecule has 0 unspecified atom stereocenters. The lowest BCUT2D eigenvalue weighted by Crippen LogP contribution is -2.35. The van der Waals surface area contributed by atoms with E-state index in [-0.39, 0.29) is 17.7 Å². The van der Waals surface area contributed by atoms with Gasteiger partial charge in [-0.05, 0) is 30.0 Å². The SMILES string of the molecule is CCNC(=O)CN(C)c1nc(Cl)nc2sccc12. The molecule has 0 aliphatic rings. The van der Waals surface area contributed by atoms with E-state index in [0.29, 0.717) is 12.4 Å². The van der Waals surface area contributed by atoms with Crippen LogP contribution in [-0.2, 0) is 4.79 Å². The van der Waals surface area contributed by atoms with Crippen molar-refractivity contribution in [3.63, 3.8) is 0 Å². The number of thiophene rings is 1. The van der Waals surface area contributed by atoms with Gasteiger partial charge in [-0.1, -0.05) is 0 Å². The largest absolute Gasteiger partial charge is 0.355 e. The minimum Gasteiger partial charge on any atom is -0.355 e. The molecule has 1 N–H and O–H groups in total. The Hall–Kier alpha value is -1.40. The molecule has 0 aromatic carbocycles. The summed E-state index contributed by atoms with van der Waals surface area (Å²) in [5.74, 6) is 0.635. The summed E-state index contributed by atoms with van der Waals surface area (Å²) in [6.07, 6.45) is 0. The second kappa shape index (κ2) is 5.49. The van der Waals surface area contributed by atoms with Crippen molar-refractivity contribution < 1.29 is 4.79 Å². The molecule has 0 spiro atoms. The average Bonchev–Trinajstić information content (AvgIpc) is 2.75. The van der Waals surface area contributed by atoms with Crippen LogP contribution in [0, 0.1) is 0 Å². The molecule has 0 bridgehead atoms. The van der Waals surface area contributed by atoms with Crippen molar-refractivity contribution in [1.82, 2.24) is 15.3 Å². The minimum absolute atomic E-state index is 0.0434. The summed E-state index contributed by atoms with van der Waals surface area (Å²) >= 11 is 7.38. The van der Waals surface area contributed by atoms with E-state index in [1.165, 1.54) is 11.3 Å². The number of nitrogens with one attached hydrogen (secondary N) is 1. The highest BCUT2D eigenvalue weighted by Gasteiger charge is 2.14. The highest BCUT2D eigenvalue weighted by molar-refractivity contribution is 7.16. The van der Waals surface area contributed by atoms with Gasteiger partial charge in [0.2, 0.25) is 11.2 Å². The maximum atomic E-state index is 11.6. The summed E-state index contributed by atoms with van der Waals surface area (Å²) in [6.45, 7) is 2.74. The quantitative estimate of drug-likeness (QED) is 0.872. The molecule has 5 nitrogen and oxygen atoms in total. The van der Waals surface area contributed by atoms with Gasteiger partial charge in [0, 0.05) is 13.6 Å². The number of fused-ring (bicyclic) bond motifs is 1. The lowest BCUT2D eigenvalue weighted by molar-refractivity contribution is -0.119.